The molecule has 3 N–H and O–H groups in total. The summed E-state index contributed by atoms with van der Waals surface area (Å²) in [5.74, 6) is 2.66. The van der Waals surface area contributed by atoms with Crippen molar-refractivity contribution >= 4 is 15.7 Å². The van der Waals surface area contributed by atoms with Crippen molar-refractivity contribution in [1.82, 2.24) is 4.90 Å². The van der Waals surface area contributed by atoms with E-state index in [1.54, 1.807) is 12.1 Å². The van der Waals surface area contributed by atoms with Crippen LogP contribution in [0.3, 0.4) is 0 Å². The Balaban J connectivity index is 1.90. The van der Waals surface area contributed by atoms with Crippen molar-refractivity contribution in [3.8, 4) is 12.3 Å². The van der Waals surface area contributed by atoms with Crippen LogP contribution in [0.15, 0.2) is 29.2 Å². The van der Waals surface area contributed by atoms with Crippen LogP contribution >= 0.6 is 0 Å². The SMILES string of the molecule is C#CCN1CCC(Nc2ccc(S(N)(=O)=O)cc2)CC1. The van der Waals surface area contributed by atoms with Gasteiger partial charge in [0.25, 0.3) is 0 Å². The van der Waals surface area contributed by atoms with Crippen LogP contribution in [0.1, 0.15) is 12.8 Å². The second-order valence-corrected chi connectivity index (χ2v) is 6.53. The van der Waals surface area contributed by atoms with Crippen molar-refractivity contribution in [3.63, 3.8) is 0 Å². The maximum atomic E-state index is 11.2. The number of nitrogens with one attached hydrogen (secondary N) is 1. The Morgan fingerprint density at radius 2 is 1.90 bits per heavy atom. The number of hydrogen-bond acceptors (Lipinski definition) is 4. The molecule has 1 saturated heterocycles. The second-order valence-electron chi connectivity index (χ2n) is 4.97. The standard InChI is InChI=1S/C14H19N3O2S/c1-2-9-17-10-7-13(8-11-17)16-12-3-5-14(6-4-12)20(15,18)19/h1,3-6,13,16H,7-11H2,(H2,15,18,19). The molecule has 0 saturated carbocycles. The number of primary sulfonamides is 1. The van der Waals surface area contributed by atoms with Crippen molar-refractivity contribution in [2.45, 2.75) is 23.8 Å². The maximum Gasteiger partial charge on any atom is 0.238 e. The highest BCUT2D eigenvalue weighted by Crippen LogP contribution is 2.18. The molecule has 5 nitrogen and oxygen atoms in total. The number of anilines is 1. The van der Waals surface area contributed by atoms with Crippen molar-refractivity contribution in [3.05, 3.63) is 24.3 Å². The van der Waals surface area contributed by atoms with Crippen LogP contribution < -0.4 is 10.5 Å². The van der Waals surface area contributed by atoms with Gasteiger partial charge in [-0.3, -0.25) is 4.90 Å². The van der Waals surface area contributed by atoms with Crippen LogP contribution in [0, 0.1) is 12.3 Å². The van der Waals surface area contributed by atoms with E-state index in [2.05, 4.69) is 16.1 Å². The third-order valence-corrected chi connectivity index (χ3v) is 4.39. The number of hydrogen-bond donors (Lipinski definition) is 2. The van der Waals surface area contributed by atoms with Gasteiger partial charge in [-0.2, -0.15) is 0 Å². The van der Waals surface area contributed by atoms with Gasteiger partial charge in [-0.25, -0.2) is 13.6 Å². The summed E-state index contributed by atoms with van der Waals surface area (Å²) in [5.41, 5.74) is 0.910. The Morgan fingerprint density at radius 1 is 1.30 bits per heavy atom. The number of sulfonamides is 1. The fraction of sp³-hybridized carbons (Fsp3) is 0.429. The molecule has 0 radical (unpaired) electrons. The third kappa shape index (κ3) is 3.97. The molecule has 0 spiro atoms. The lowest BCUT2D eigenvalue weighted by Crippen LogP contribution is -2.39. The van der Waals surface area contributed by atoms with Gasteiger partial charge in [-0.1, -0.05) is 5.92 Å². The molecule has 1 aliphatic rings. The van der Waals surface area contributed by atoms with E-state index in [1.165, 1.54) is 12.1 Å². The number of benzene rings is 1. The minimum atomic E-state index is -3.62. The number of piperidine rings is 1. The zero-order chi connectivity index (χ0) is 14.6. The molecular weight excluding hydrogens is 274 g/mol. The molecule has 2 rings (SSSR count). The molecule has 1 aliphatic heterocycles. The lowest BCUT2D eigenvalue weighted by Gasteiger charge is -2.31. The molecule has 0 amide bonds. The maximum absolute atomic E-state index is 11.2. The summed E-state index contributed by atoms with van der Waals surface area (Å²) < 4.78 is 22.3. The van der Waals surface area contributed by atoms with Crippen molar-refractivity contribution in [2.24, 2.45) is 5.14 Å². The van der Waals surface area contributed by atoms with E-state index in [4.69, 9.17) is 11.6 Å². The minimum absolute atomic E-state index is 0.131. The summed E-state index contributed by atoms with van der Waals surface area (Å²) in [7, 11) is -3.62. The van der Waals surface area contributed by atoms with Crippen molar-refractivity contribution in [2.75, 3.05) is 25.0 Å². The van der Waals surface area contributed by atoms with Crippen LogP contribution in [-0.4, -0.2) is 39.0 Å². The number of likely N-dealkylation sites (tertiary alicyclic amines) is 1. The second kappa shape index (κ2) is 6.27. The van der Waals surface area contributed by atoms with Gasteiger partial charge in [0.15, 0.2) is 0 Å². The third-order valence-electron chi connectivity index (χ3n) is 3.46. The van der Waals surface area contributed by atoms with Gasteiger partial charge in [0.05, 0.1) is 11.4 Å². The summed E-state index contributed by atoms with van der Waals surface area (Å²) in [6.45, 7) is 2.67. The predicted octanol–water partition coefficient (Wildman–Crippen LogP) is 0.844. The largest absolute Gasteiger partial charge is 0.382 e. The molecule has 0 aliphatic carbocycles. The smallest absolute Gasteiger partial charge is 0.238 e. The lowest BCUT2D eigenvalue weighted by molar-refractivity contribution is 0.243. The van der Waals surface area contributed by atoms with Gasteiger partial charge < -0.3 is 5.32 Å². The summed E-state index contributed by atoms with van der Waals surface area (Å²) in [5, 5.41) is 8.47. The summed E-state index contributed by atoms with van der Waals surface area (Å²) in [6, 6.07) is 6.92. The molecule has 108 valence electrons. The Kier molecular flexibility index (Phi) is 4.65. The van der Waals surface area contributed by atoms with E-state index in [0.29, 0.717) is 12.6 Å². The summed E-state index contributed by atoms with van der Waals surface area (Å²) in [4.78, 5) is 2.38. The lowest BCUT2D eigenvalue weighted by atomic mass is 10.0. The number of rotatable bonds is 4. The van der Waals surface area contributed by atoms with Crippen LogP contribution in [0.4, 0.5) is 5.69 Å². The van der Waals surface area contributed by atoms with Gasteiger partial charge in [0.1, 0.15) is 0 Å². The highest BCUT2D eigenvalue weighted by molar-refractivity contribution is 7.89. The zero-order valence-corrected chi connectivity index (χ0v) is 12.1. The van der Waals surface area contributed by atoms with E-state index >= 15 is 0 Å². The van der Waals surface area contributed by atoms with E-state index in [-0.39, 0.29) is 4.90 Å². The molecule has 20 heavy (non-hydrogen) atoms. The van der Waals surface area contributed by atoms with Gasteiger partial charge in [0, 0.05) is 24.8 Å². The number of nitrogens with zero attached hydrogens (tertiary/aromatic N) is 1. The molecular formula is C14H19N3O2S. The van der Waals surface area contributed by atoms with Gasteiger partial charge >= 0.3 is 0 Å². The first kappa shape index (κ1) is 14.9. The Labute approximate surface area is 120 Å². The van der Waals surface area contributed by atoms with Crippen LogP contribution in [0.25, 0.3) is 0 Å². The number of terminal acetylenes is 1. The summed E-state index contributed by atoms with van der Waals surface area (Å²) in [6.07, 6.45) is 7.35. The first-order valence-electron chi connectivity index (χ1n) is 6.54. The van der Waals surface area contributed by atoms with E-state index in [0.717, 1.165) is 31.6 Å². The molecule has 6 heteroatoms. The van der Waals surface area contributed by atoms with Crippen molar-refractivity contribution < 1.29 is 8.42 Å². The Morgan fingerprint density at radius 3 is 2.40 bits per heavy atom. The topological polar surface area (TPSA) is 75.4 Å². The zero-order valence-electron chi connectivity index (χ0n) is 11.2. The van der Waals surface area contributed by atoms with Gasteiger partial charge in [-0.15, -0.1) is 6.42 Å². The molecule has 0 bridgehead atoms. The minimum Gasteiger partial charge on any atom is -0.382 e. The monoisotopic (exact) mass is 293 g/mol. The first-order valence-corrected chi connectivity index (χ1v) is 8.09. The Hall–Kier alpha value is -1.55. The van der Waals surface area contributed by atoms with E-state index in [1.807, 2.05) is 0 Å². The molecule has 0 aromatic heterocycles. The van der Waals surface area contributed by atoms with Gasteiger partial charge in [0.2, 0.25) is 10.0 Å². The highest BCUT2D eigenvalue weighted by Gasteiger charge is 2.18. The van der Waals surface area contributed by atoms with E-state index in [9.17, 15) is 8.42 Å². The molecule has 0 unspecified atom stereocenters. The fourth-order valence-electron chi connectivity index (χ4n) is 2.34. The van der Waals surface area contributed by atoms with Gasteiger partial charge in [-0.05, 0) is 37.1 Å². The normalized spacial score (nSPS) is 17.6. The highest BCUT2D eigenvalue weighted by atomic mass is 32.2. The van der Waals surface area contributed by atoms with Crippen LogP contribution in [0.2, 0.25) is 0 Å². The molecule has 1 aromatic carbocycles. The molecule has 1 fully saturated rings. The number of nitrogens with two attached hydrogens (primary N) is 1. The average Bonchev–Trinajstić information content (AvgIpc) is 2.41. The fourth-order valence-corrected chi connectivity index (χ4v) is 2.86. The van der Waals surface area contributed by atoms with Crippen LogP contribution in [0.5, 0.6) is 0 Å². The quantitative estimate of drug-likeness (QED) is 0.807. The molecule has 1 heterocycles. The van der Waals surface area contributed by atoms with Crippen LogP contribution in [-0.2, 0) is 10.0 Å². The predicted molar refractivity (Wildman–Crippen MR) is 79.7 cm³/mol. The Bertz CT molecular complexity index is 582. The molecule has 0 atom stereocenters. The van der Waals surface area contributed by atoms with E-state index < -0.39 is 10.0 Å². The average molecular weight is 293 g/mol. The van der Waals surface area contributed by atoms with Crippen molar-refractivity contribution in [1.29, 1.82) is 0 Å². The first-order chi connectivity index (χ1) is 9.49. The summed E-state index contributed by atoms with van der Waals surface area (Å²) >= 11 is 0. The molecule has 1 aromatic rings.